The highest BCUT2D eigenvalue weighted by atomic mass is 32.2. The number of amides is 1. The summed E-state index contributed by atoms with van der Waals surface area (Å²) >= 11 is 1.37. The summed E-state index contributed by atoms with van der Waals surface area (Å²) in [6.07, 6.45) is 0. The molecule has 170 valence electrons. The van der Waals surface area contributed by atoms with Crippen molar-refractivity contribution in [2.24, 2.45) is 0 Å². The highest BCUT2D eigenvalue weighted by Crippen LogP contribution is 2.27. The number of fused-ring (bicyclic) bond motifs is 1. The molecule has 2 aromatic rings. The van der Waals surface area contributed by atoms with Crippen molar-refractivity contribution in [1.29, 1.82) is 0 Å². The predicted octanol–water partition coefficient (Wildman–Crippen LogP) is 2.59. The van der Waals surface area contributed by atoms with Crippen LogP contribution in [0.1, 0.15) is 20.8 Å². The first kappa shape index (κ1) is 23.8. The Labute approximate surface area is 188 Å². The zero-order valence-corrected chi connectivity index (χ0v) is 20.0. The van der Waals surface area contributed by atoms with E-state index in [1.807, 2.05) is 25.3 Å². The van der Waals surface area contributed by atoms with Crippen molar-refractivity contribution in [3.05, 3.63) is 30.4 Å². The molecule has 1 aromatic carbocycles. The van der Waals surface area contributed by atoms with Crippen LogP contribution < -0.4 is 0 Å². The summed E-state index contributed by atoms with van der Waals surface area (Å²) in [5.41, 5.74) is 2.41. The van der Waals surface area contributed by atoms with Gasteiger partial charge in [0.25, 0.3) is 0 Å². The third-order valence-corrected chi connectivity index (χ3v) is 7.98. The van der Waals surface area contributed by atoms with E-state index in [2.05, 4.69) is 11.6 Å². The topological polar surface area (TPSA) is 84.7 Å². The van der Waals surface area contributed by atoms with E-state index in [0.29, 0.717) is 56.6 Å². The van der Waals surface area contributed by atoms with E-state index in [4.69, 9.17) is 4.74 Å². The molecule has 1 amide bonds. The van der Waals surface area contributed by atoms with Gasteiger partial charge in [-0.2, -0.15) is 4.31 Å². The van der Waals surface area contributed by atoms with Crippen LogP contribution in [0.2, 0.25) is 0 Å². The molecule has 0 atom stereocenters. The minimum atomic E-state index is -3.59. The number of aryl methyl sites for hydroxylation is 1. The number of aromatic nitrogens is 2. The zero-order valence-electron chi connectivity index (χ0n) is 18.3. The Morgan fingerprint density at radius 1 is 1.29 bits per heavy atom. The molecular formula is C21H30N4O4S2. The fraction of sp³-hybridized carbons (Fsp3) is 0.524. The van der Waals surface area contributed by atoms with E-state index >= 15 is 0 Å². The standard InChI is InChI=1S/C21H30N4O4S2/c1-5-23(14-16(3)4)20(26)15-30-21-22-18-13-17(7-8-19(18)25(21)6-2)31(27,28)24-9-11-29-12-10-24/h7-8,13H,3,5-6,9-12,14-15H2,1-2,4H3. The van der Waals surface area contributed by atoms with E-state index in [1.54, 1.807) is 23.1 Å². The van der Waals surface area contributed by atoms with Crippen molar-refractivity contribution in [2.45, 2.75) is 37.4 Å². The molecule has 1 aliphatic rings. The van der Waals surface area contributed by atoms with Gasteiger partial charge in [0.05, 0.1) is 34.9 Å². The van der Waals surface area contributed by atoms with E-state index < -0.39 is 10.0 Å². The van der Waals surface area contributed by atoms with Crippen molar-refractivity contribution in [2.75, 3.05) is 45.1 Å². The molecule has 0 saturated carbocycles. The summed E-state index contributed by atoms with van der Waals surface area (Å²) < 4.78 is 34.7. The monoisotopic (exact) mass is 466 g/mol. The largest absolute Gasteiger partial charge is 0.379 e. The van der Waals surface area contributed by atoms with Crippen LogP contribution in [0.3, 0.4) is 0 Å². The van der Waals surface area contributed by atoms with Crippen LogP contribution in [0, 0.1) is 0 Å². The lowest BCUT2D eigenvalue weighted by Gasteiger charge is -2.26. The van der Waals surface area contributed by atoms with Crippen molar-refractivity contribution in [1.82, 2.24) is 18.8 Å². The van der Waals surface area contributed by atoms with Gasteiger partial charge in [0.15, 0.2) is 5.16 Å². The Hall–Kier alpha value is -1.88. The Morgan fingerprint density at radius 2 is 2.00 bits per heavy atom. The SMILES string of the molecule is C=C(C)CN(CC)C(=O)CSc1nc2cc(S(=O)(=O)N3CCOCC3)ccc2n1CC. The van der Waals surface area contributed by atoms with Gasteiger partial charge in [-0.3, -0.25) is 4.79 Å². The first-order chi connectivity index (χ1) is 14.8. The lowest BCUT2D eigenvalue weighted by molar-refractivity contribution is -0.127. The number of hydrogen-bond donors (Lipinski definition) is 0. The number of nitrogens with zero attached hydrogens (tertiary/aromatic N) is 4. The summed E-state index contributed by atoms with van der Waals surface area (Å²) in [5.74, 6) is 0.296. The van der Waals surface area contributed by atoms with Crippen LogP contribution in [0.4, 0.5) is 0 Å². The fourth-order valence-electron chi connectivity index (χ4n) is 3.52. The van der Waals surface area contributed by atoms with E-state index in [0.717, 1.165) is 11.1 Å². The molecule has 1 saturated heterocycles. The second-order valence-corrected chi connectivity index (χ2v) is 10.3. The van der Waals surface area contributed by atoms with Gasteiger partial charge < -0.3 is 14.2 Å². The summed E-state index contributed by atoms with van der Waals surface area (Å²) in [7, 11) is -3.59. The number of imidazole rings is 1. The summed E-state index contributed by atoms with van der Waals surface area (Å²) in [6.45, 7) is 13.1. The lowest BCUT2D eigenvalue weighted by Crippen LogP contribution is -2.40. The maximum atomic E-state index is 13.0. The molecule has 10 heteroatoms. The molecule has 2 heterocycles. The van der Waals surface area contributed by atoms with Crippen LogP contribution >= 0.6 is 11.8 Å². The van der Waals surface area contributed by atoms with Crippen molar-refractivity contribution in [3.63, 3.8) is 0 Å². The zero-order chi connectivity index (χ0) is 22.6. The maximum absolute atomic E-state index is 13.0. The van der Waals surface area contributed by atoms with Crippen LogP contribution in [0.15, 0.2) is 40.4 Å². The Kier molecular flexibility index (Phi) is 7.79. The predicted molar refractivity (Wildman–Crippen MR) is 123 cm³/mol. The maximum Gasteiger partial charge on any atom is 0.243 e. The Balaban J connectivity index is 1.83. The summed E-state index contributed by atoms with van der Waals surface area (Å²) in [5, 5.41) is 0.707. The van der Waals surface area contributed by atoms with Gasteiger partial charge in [-0.05, 0) is 39.0 Å². The number of carbonyl (C=O) groups excluding carboxylic acids is 1. The highest BCUT2D eigenvalue weighted by molar-refractivity contribution is 7.99. The molecule has 0 aliphatic carbocycles. The van der Waals surface area contributed by atoms with E-state index in [1.165, 1.54) is 16.1 Å². The van der Waals surface area contributed by atoms with E-state index in [-0.39, 0.29) is 16.6 Å². The number of rotatable bonds is 9. The fourth-order valence-corrected chi connectivity index (χ4v) is 5.93. The molecule has 0 N–H and O–H groups in total. The number of sulfonamides is 1. The molecule has 0 radical (unpaired) electrons. The molecule has 1 aromatic heterocycles. The molecule has 1 fully saturated rings. The van der Waals surface area contributed by atoms with Crippen molar-refractivity contribution in [3.8, 4) is 0 Å². The van der Waals surface area contributed by atoms with Crippen molar-refractivity contribution < 1.29 is 17.9 Å². The van der Waals surface area contributed by atoms with Gasteiger partial charge >= 0.3 is 0 Å². The summed E-state index contributed by atoms with van der Waals surface area (Å²) in [4.78, 5) is 19.2. The second-order valence-electron chi connectivity index (χ2n) is 7.46. The smallest absolute Gasteiger partial charge is 0.243 e. The molecule has 31 heavy (non-hydrogen) atoms. The minimum absolute atomic E-state index is 0.0285. The van der Waals surface area contributed by atoms with Gasteiger partial charge in [-0.1, -0.05) is 23.9 Å². The van der Waals surface area contributed by atoms with Crippen molar-refractivity contribution >= 4 is 38.7 Å². The molecule has 1 aliphatic heterocycles. The molecule has 3 rings (SSSR count). The van der Waals surface area contributed by atoms with Gasteiger partial charge in [0.2, 0.25) is 15.9 Å². The number of morpholine rings is 1. The third-order valence-electron chi connectivity index (χ3n) is 5.13. The minimum Gasteiger partial charge on any atom is -0.379 e. The molecule has 0 unspecified atom stereocenters. The lowest BCUT2D eigenvalue weighted by atomic mass is 10.3. The highest BCUT2D eigenvalue weighted by Gasteiger charge is 2.27. The van der Waals surface area contributed by atoms with Crippen LogP contribution in [-0.2, 0) is 26.1 Å². The van der Waals surface area contributed by atoms with Gasteiger partial charge in [-0.25, -0.2) is 13.4 Å². The molecule has 0 spiro atoms. The second kappa shape index (κ2) is 10.2. The van der Waals surface area contributed by atoms with E-state index in [9.17, 15) is 13.2 Å². The normalized spacial score (nSPS) is 15.3. The van der Waals surface area contributed by atoms with Crippen LogP contribution in [0.5, 0.6) is 0 Å². The molecule has 8 nitrogen and oxygen atoms in total. The quantitative estimate of drug-likeness (QED) is 0.417. The number of ether oxygens (including phenoxy) is 1. The van der Waals surface area contributed by atoms with Crippen LogP contribution in [-0.4, -0.2) is 78.2 Å². The average molecular weight is 467 g/mol. The van der Waals surface area contributed by atoms with Gasteiger partial charge in [0.1, 0.15) is 0 Å². The number of carbonyl (C=O) groups is 1. The van der Waals surface area contributed by atoms with Crippen LogP contribution in [0.25, 0.3) is 11.0 Å². The average Bonchev–Trinajstić information content (AvgIpc) is 3.12. The van der Waals surface area contributed by atoms with Gasteiger partial charge in [-0.15, -0.1) is 0 Å². The number of thioether (sulfide) groups is 1. The first-order valence-electron chi connectivity index (χ1n) is 10.4. The van der Waals surface area contributed by atoms with Gasteiger partial charge in [0, 0.05) is 32.7 Å². The Morgan fingerprint density at radius 3 is 2.61 bits per heavy atom. The molecule has 0 bridgehead atoms. The summed E-state index contributed by atoms with van der Waals surface area (Å²) in [6, 6.07) is 5.05. The number of likely N-dealkylation sites (N-methyl/N-ethyl adjacent to an activating group) is 1. The molecular weight excluding hydrogens is 436 g/mol. The Bertz CT molecular complexity index is 1060. The number of hydrogen-bond acceptors (Lipinski definition) is 6. The first-order valence-corrected chi connectivity index (χ1v) is 12.8. The third kappa shape index (κ3) is 5.31. The number of benzene rings is 1.